The smallest absolute Gasteiger partial charge is 0.251 e. The average molecular weight is 307 g/mol. The summed E-state index contributed by atoms with van der Waals surface area (Å²) in [5.74, 6) is 1.76. The second-order valence-corrected chi connectivity index (χ2v) is 7.96. The van der Waals surface area contributed by atoms with Crippen LogP contribution in [0.1, 0.15) is 78.1 Å². The summed E-state index contributed by atoms with van der Waals surface area (Å²) in [5.41, 5.74) is 0. The Hall–Kier alpha value is -0.570. The number of carbonyl (C=O) groups is 1. The molecular weight excluding hydrogens is 274 g/mol. The number of ether oxygens (including phenoxy) is 1. The highest BCUT2D eigenvalue weighted by Crippen LogP contribution is 2.36. The summed E-state index contributed by atoms with van der Waals surface area (Å²) in [4.78, 5) is 15.0. The first-order valence-corrected chi connectivity index (χ1v) is 9.61. The minimum atomic E-state index is -0.252. The van der Waals surface area contributed by atoms with Crippen molar-refractivity contribution in [3.8, 4) is 0 Å². The van der Waals surface area contributed by atoms with Gasteiger partial charge in [-0.1, -0.05) is 32.6 Å². The van der Waals surface area contributed by atoms with E-state index in [1.807, 2.05) is 6.92 Å². The van der Waals surface area contributed by atoms with Crippen molar-refractivity contribution in [3.05, 3.63) is 0 Å². The lowest BCUT2D eigenvalue weighted by Crippen LogP contribution is -2.45. The Kier molecular flexibility index (Phi) is 5.43. The fourth-order valence-corrected chi connectivity index (χ4v) is 4.98. The van der Waals surface area contributed by atoms with Crippen molar-refractivity contribution in [1.29, 1.82) is 0 Å². The number of hydrogen-bond donors (Lipinski definition) is 0. The first kappa shape index (κ1) is 16.3. The van der Waals surface area contributed by atoms with Crippen molar-refractivity contribution in [2.45, 2.75) is 96.3 Å². The monoisotopic (exact) mass is 307 g/mol. The molecule has 22 heavy (non-hydrogen) atoms. The predicted molar refractivity (Wildman–Crippen MR) is 88.7 cm³/mol. The van der Waals surface area contributed by atoms with Crippen molar-refractivity contribution >= 4 is 5.91 Å². The molecule has 0 spiro atoms. The molecular formula is C19H33NO2. The Balaban J connectivity index is 1.55. The molecule has 0 radical (unpaired) electrons. The van der Waals surface area contributed by atoms with Crippen LogP contribution >= 0.6 is 0 Å². The molecule has 3 fully saturated rings. The molecule has 0 N–H and O–H groups in total. The topological polar surface area (TPSA) is 29.5 Å². The minimum absolute atomic E-state index is 0.252. The van der Waals surface area contributed by atoms with Gasteiger partial charge in [0.2, 0.25) is 0 Å². The zero-order valence-corrected chi connectivity index (χ0v) is 14.4. The van der Waals surface area contributed by atoms with Crippen LogP contribution in [0.4, 0.5) is 0 Å². The van der Waals surface area contributed by atoms with E-state index in [1.54, 1.807) is 0 Å². The highest BCUT2D eigenvalue weighted by Gasteiger charge is 2.38. The van der Waals surface area contributed by atoms with E-state index < -0.39 is 0 Å². The van der Waals surface area contributed by atoms with Gasteiger partial charge in [-0.15, -0.1) is 0 Å². The van der Waals surface area contributed by atoms with Crippen LogP contribution in [-0.2, 0) is 9.53 Å². The molecule has 2 aliphatic carbocycles. The number of carbonyl (C=O) groups excluding carboxylic acids is 1. The highest BCUT2D eigenvalue weighted by molar-refractivity contribution is 5.81. The lowest BCUT2D eigenvalue weighted by atomic mass is 9.88. The Morgan fingerprint density at radius 3 is 2.55 bits per heavy atom. The van der Waals surface area contributed by atoms with Crippen molar-refractivity contribution in [2.75, 3.05) is 6.54 Å². The average Bonchev–Trinajstić information content (AvgIpc) is 3.17. The molecule has 4 atom stereocenters. The lowest BCUT2D eigenvalue weighted by Gasteiger charge is -2.34. The highest BCUT2D eigenvalue weighted by atomic mass is 16.5. The third-order valence-electron chi connectivity index (χ3n) is 6.16. The molecule has 1 heterocycles. The second-order valence-electron chi connectivity index (χ2n) is 7.96. The van der Waals surface area contributed by atoms with E-state index in [0.29, 0.717) is 12.1 Å². The van der Waals surface area contributed by atoms with Crippen LogP contribution in [0, 0.1) is 11.8 Å². The van der Waals surface area contributed by atoms with Gasteiger partial charge >= 0.3 is 0 Å². The summed E-state index contributed by atoms with van der Waals surface area (Å²) < 4.78 is 6.16. The Morgan fingerprint density at radius 2 is 1.82 bits per heavy atom. The summed E-state index contributed by atoms with van der Waals surface area (Å²) in [6.07, 6.45) is 12.6. The molecule has 1 amide bonds. The van der Waals surface area contributed by atoms with Gasteiger partial charge in [-0.2, -0.15) is 0 Å². The van der Waals surface area contributed by atoms with Crippen molar-refractivity contribution in [3.63, 3.8) is 0 Å². The van der Waals surface area contributed by atoms with Gasteiger partial charge in [0.05, 0.1) is 6.10 Å². The molecule has 3 rings (SSSR count). The second kappa shape index (κ2) is 7.33. The standard InChI is InChI=1S/C19H33NO2/c1-14-7-5-10-17(13-14)22-15(2)19(21)20-12-6-11-18(20)16-8-3-4-9-16/h14-18H,3-13H2,1-2H3. The fourth-order valence-electron chi connectivity index (χ4n) is 4.98. The quantitative estimate of drug-likeness (QED) is 0.781. The third kappa shape index (κ3) is 3.67. The molecule has 4 unspecified atom stereocenters. The van der Waals surface area contributed by atoms with Gasteiger partial charge in [-0.3, -0.25) is 4.79 Å². The van der Waals surface area contributed by atoms with E-state index >= 15 is 0 Å². The molecule has 0 aromatic heterocycles. The van der Waals surface area contributed by atoms with Crippen molar-refractivity contribution < 1.29 is 9.53 Å². The van der Waals surface area contributed by atoms with Crippen LogP contribution < -0.4 is 0 Å². The first-order chi connectivity index (χ1) is 10.6. The molecule has 1 aliphatic heterocycles. The summed E-state index contributed by atoms with van der Waals surface area (Å²) in [7, 11) is 0. The van der Waals surface area contributed by atoms with Gasteiger partial charge in [0, 0.05) is 12.6 Å². The summed E-state index contributed by atoms with van der Waals surface area (Å²) in [6, 6.07) is 0.506. The number of nitrogens with zero attached hydrogens (tertiary/aromatic N) is 1. The first-order valence-electron chi connectivity index (χ1n) is 9.61. The molecule has 3 aliphatic rings. The molecule has 0 aromatic rings. The molecule has 0 aromatic carbocycles. The molecule has 3 heteroatoms. The molecule has 1 saturated heterocycles. The van der Waals surface area contributed by atoms with E-state index in [4.69, 9.17) is 4.74 Å². The molecule has 3 nitrogen and oxygen atoms in total. The zero-order chi connectivity index (χ0) is 15.5. The summed E-state index contributed by atoms with van der Waals surface area (Å²) >= 11 is 0. The van der Waals surface area contributed by atoms with Crippen molar-refractivity contribution in [1.82, 2.24) is 4.90 Å². The van der Waals surface area contributed by atoms with Gasteiger partial charge in [-0.25, -0.2) is 0 Å². The van der Waals surface area contributed by atoms with E-state index in [-0.39, 0.29) is 12.0 Å². The van der Waals surface area contributed by atoms with Gasteiger partial charge in [0.25, 0.3) is 5.91 Å². The maximum absolute atomic E-state index is 12.9. The molecule has 2 saturated carbocycles. The van der Waals surface area contributed by atoms with E-state index in [1.165, 1.54) is 51.4 Å². The van der Waals surface area contributed by atoms with E-state index in [2.05, 4.69) is 11.8 Å². The third-order valence-corrected chi connectivity index (χ3v) is 6.16. The lowest BCUT2D eigenvalue weighted by molar-refractivity contribution is -0.149. The maximum Gasteiger partial charge on any atom is 0.251 e. The van der Waals surface area contributed by atoms with E-state index in [0.717, 1.165) is 31.2 Å². The normalized spacial score (nSPS) is 35.0. The molecule has 126 valence electrons. The van der Waals surface area contributed by atoms with Crippen molar-refractivity contribution in [2.24, 2.45) is 11.8 Å². The minimum Gasteiger partial charge on any atom is -0.365 e. The summed E-state index contributed by atoms with van der Waals surface area (Å²) in [5, 5.41) is 0. The van der Waals surface area contributed by atoms with Gasteiger partial charge in [0.1, 0.15) is 6.10 Å². The number of likely N-dealkylation sites (tertiary alicyclic amines) is 1. The summed E-state index contributed by atoms with van der Waals surface area (Å²) in [6.45, 7) is 5.24. The Labute approximate surface area is 135 Å². The van der Waals surface area contributed by atoms with E-state index in [9.17, 15) is 4.79 Å². The van der Waals surface area contributed by atoms with Crippen LogP contribution in [0.2, 0.25) is 0 Å². The van der Waals surface area contributed by atoms with Gasteiger partial charge in [0.15, 0.2) is 0 Å². The van der Waals surface area contributed by atoms with Crippen LogP contribution in [0.3, 0.4) is 0 Å². The van der Waals surface area contributed by atoms with Gasteiger partial charge < -0.3 is 9.64 Å². The number of hydrogen-bond acceptors (Lipinski definition) is 2. The Morgan fingerprint density at radius 1 is 1.05 bits per heavy atom. The predicted octanol–water partition coefficient (Wildman–Crippen LogP) is 4.15. The van der Waals surface area contributed by atoms with Crippen LogP contribution in [0.25, 0.3) is 0 Å². The number of rotatable bonds is 4. The Bertz CT molecular complexity index is 378. The van der Waals surface area contributed by atoms with Crippen LogP contribution in [0.15, 0.2) is 0 Å². The fraction of sp³-hybridized carbons (Fsp3) is 0.947. The number of amides is 1. The maximum atomic E-state index is 12.9. The SMILES string of the molecule is CC1CCCC(OC(C)C(=O)N2CCCC2C2CCCC2)C1. The zero-order valence-electron chi connectivity index (χ0n) is 14.4. The molecule has 0 bridgehead atoms. The van der Waals surface area contributed by atoms with Gasteiger partial charge in [-0.05, 0) is 57.3 Å². The van der Waals surface area contributed by atoms with Crippen LogP contribution in [0.5, 0.6) is 0 Å². The largest absolute Gasteiger partial charge is 0.365 e. The van der Waals surface area contributed by atoms with Crippen LogP contribution in [-0.4, -0.2) is 35.6 Å².